The van der Waals surface area contributed by atoms with Crippen LogP contribution >= 0.6 is 11.3 Å². The normalized spacial score (nSPS) is 17.5. The van der Waals surface area contributed by atoms with Gasteiger partial charge in [0.1, 0.15) is 11.6 Å². The van der Waals surface area contributed by atoms with E-state index in [1.807, 2.05) is 50.2 Å². The smallest absolute Gasteiger partial charge is 0.301 e. The Kier molecular flexibility index (Phi) is 5.96. The number of Topliss-reactive ketones (excluding diaryl/α,β-unsaturated/α-hetero) is 1. The second-order valence-corrected chi connectivity index (χ2v) is 10.4. The summed E-state index contributed by atoms with van der Waals surface area (Å²) in [5.41, 5.74) is 4.83. The number of thiazole rings is 1. The van der Waals surface area contributed by atoms with Crippen LogP contribution in [0.2, 0.25) is 0 Å². The standard InChI is InChI=1S/C29H25FN2O3S/c1-15(2)18-5-7-19(8-6-18)25-23(26(33)20-9-11-21(30)12-10-20)27(34)28(35)32(25)29-31-24-17(4)13-16(3)14-22(24)36-29/h5-15,25,33H,1-4H3/b26-23+/t25-/m0/s1. The number of ketones is 1. The topological polar surface area (TPSA) is 70.5 Å². The van der Waals surface area contributed by atoms with Gasteiger partial charge in [-0.15, -0.1) is 0 Å². The van der Waals surface area contributed by atoms with Gasteiger partial charge >= 0.3 is 5.91 Å². The summed E-state index contributed by atoms with van der Waals surface area (Å²) < 4.78 is 14.4. The summed E-state index contributed by atoms with van der Waals surface area (Å²) in [6, 6.07) is 16.0. The molecule has 0 unspecified atom stereocenters. The number of amides is 1. The second-order valence-electron chi connectivity index (χ2n) is 9.42. The Morgan fingerprint density at radius 2 is 1.69 bits per heavy atom. The molecule has 7 heteroatoms. The average molecular weight is 501 g/mol. The molecule has 0 aliphatic carbocycles. The van der Waals surface area contributed by atoms with Gasteiger partial charge in [0.15, 0.2) is 5.13 Å². The summed E-state index contributed by atoms with van der Waals surface area (Å²) in [6.45, 7) is 8.13. The number of benzene rings is 3. The van der Waals surface area contributed by atoms with Gasteiger partial charge in [0.05, 0.1) is 21.8 Å². The van der Waals surface area contributed by atoms with Gasteiger partial charge < -0.3 is 5.11 Å². The van der Waals surface area contributed by atoms with E-state index in [1.165, 1.54) is 40.5 Å². The number of aromatic nitrogens is 1. The number of nitrogens with zero attached hydrogens (tertiary/aromatic N) is 2. The number of rotatable bonds is 4. The summed E-state index contributed by atoms with van der Waals surface area (Å²) in [5.74, 6) is -2.07. The van der Waals surface area contributed by atoms with Crippen molar-refractivity contribution < 1.29 is 19.1 Å². The Morgan fingerprint density at radius 3 is 2.33 bits per heavy atom. The number of aryl methyl sites for hydroxylation is 2. The van der Waals surface area contributed by atoms with Crippen molar-refractivity contribution in [1.82, 2.24) is 4.98 Å². The quantitative estimate of drug-likeness (QED) is 0.190. The number of hydrogen-bond acceptors (Lipinski definition) is 5. The number of carbonyl (C=O) groups is 2. The molecule has 1 fully saturated rings. The first kappa shape index (κ1) is 23.9. The molecule has 1 atom stereocenters. The lowest BCUT2D eigenvalue weighted by atomic mass is 9.93. The van der Waals surface area contributed by atoms with E-state index in [0.29, 0.717) is 16.6 Å². The van der Waals surface area contributed by atoms with Crippen molar-refractivity contribution in [2.24, 2.45) is 0 Å². The van der Waals surface area contributed by atoms with Crippen LogP contribution in [0.1, 0.15) is 53.6 Å². The van der Waals surface area contributed by atoms with E-state index < -0.39 is 23.5 Å². The molecule has 1 aliphatic rings. The van der Waals surface area contributed by atoms with Gasteiger partial charge in [-0.3, -0.25) is 14.5 Å². The molecule has 0 saturated carbocycles. The number of anilines is 1. The highest BCUT2D eigenvalue weighted by Gasteiger charge is 2.48. The highest BCUT2D eigenvalue weighted by molar-refractivity contribution is 7.22. The molecule has 36 heavy (non-hydrogen) atoms. The maximum Gasteiger partial charge on any atom is 0.301 e. The number of aliphatic hydroxyl groups is 1. The molecule has 0 radical (unpaired) electrons. The molecule has 1 N–H and O–H groups in total. The summed E-state index contributed by atoms with van der Waals surface area (Å²) in [4.78, 5) is 32.9. The number of aliphatic hydroxyl groups excluding tert-OH is 1. The van der Waals surface area contributed by atoms with Gasteiger partial charge in [0.25, 0.3) is 5.78 Å². The molecule has 1 aliphatic heterocycles. The molecular formula is C29H25FN2O3S. The van der Waals surface area contributed by atoms with Gasteiger partial charge in [-0.05, 0) is 72.4 Å². The number of hydrogen-bond donors (Lipinski definition) is 1. The Balaban J connectivity index is 1.73. The van der Waals surface area contributed by atoms with Crippen molar-refractivity contribution >= 4 is 44.1 Å². The molecule has 1 aromatic heterocycles. The first-order valence-corrected chi connectivity index (χ1v) is 12.5. The fourth-order valence-electron chi connectivity index (χ4n) is 4.63. The minimum absolute atomic E-state index is 0.0453. The van der Waals surface area contributed by atoms with Gasteiger partial charge in [-0.1, -0.05) is 55.5 Å². The monoisotopic (exact) mass is 500 g/mol. The predicted octanol–water partition coefficient (Wildman–Crippen LogP) is 6.80. The molecule has 182 valence electrons. The maximum absolute atomic E-state index is 13.5. The summed E-state index contributed by atoms with van der Waals surface area (Å²) >= 11 is 1.33. The van der Waals surface area contributed by atoms with Gasteiger partial charge in [-0.2, -0.15) is 0 Å². The Labute approximate surface area is 212 Å². The number of halogens is 1. The number of carbonyl (C=O) groups excluding carboxylic acids is 2. The molecule has 5 nitrogen and oxygen atoms in total. The van der Waals surface area contributed by atoms with Crippen LogP contribution in [0.5, 0.6) is 0 Å². The Hall–Kier alpha value is -3.84. The molecule has 2 heterocycles. The van der Waals surface area contributed by atoms with Crippen molar-refractivity contribution in [2.45, 2.75) is 39.7 Å². The lowest BCUT2D eigenvalue weighted by Gasteiger charge is -2.23. The highest BCUT2D eigenvalue weighted by Crippen LogP contribution is 2.45. The largest absolute Gasteiger partial charge is 0.507 e. The molecule has 0 spiro atoms. The zero-order valence-corrected chi connectivity index (χ0v) is 21.2. The molecule has 0 bridgehead atoms. The average Bonchev–Trinajstić information content (AvgIpc) is 3.38. The predicted molar refractivity (Wildman–Crippen MR) is 141 cm³/mol. The second kappa shape index (κ2) is 8.99. The van der Waals surface area contributed by atoms with E-state index in [1.54, 1.807) is 0 Å². The van der Waals surface area contributed by atoms with E-state index in [4.69, 9.17) is 4.98 Å². The van der Waals surface area contributed by atoms with Crippen molar-refractivity contribution in [3.05, 3.63) is 99.9 Å². The first-order valence-electron chi connectivity index (χ1n) is 11.7. The van der Waals surface area contributed by atoms with Crippen molar-refractivity contribution in [1.29, 1.82) is 0 Å². The summed E-state index contributed by atoms with van der Waals surface area (Å²) in [5, 5.41) is 11.6. The highest BCUT2D eigenvalue weighted by atomic mass is 32.1. The Morgan fingerprint density at radius 1 is 1.03 bits per heavy atom. The molecule has 1 saturated heterocycles. The van der Waals surface area contributed by atoms with Crippen LogP contribution in [0.4, 0.5) is 9.52 Å². The summed E-state index contributed by atoms with van der Waals surface area (Å²) in [7, 11) is 0. The molecular weight excluding hydrogens is 475 g/mol. The first-order chi connectivity index (χ1) is 17.2. The van der Waals surface area contributed by atoms with Crippen LogP contribution in [0.25, 0.3) is 16.0 Å². The van der Waals surface area contributed by atoms with Crippen LogP contribution in [0.15, 0.2) is 66.2 Å². The van der Waals surface area contributed by atoms with E-state index in [2.05, 4.69) is 13.8 Å². The Bertz CT molecular complexity index is 1540. The van der Waals surface area contributed by atoms with Gasteiger partial charge in [0.2, 0.25) is 0 Å². The van der Waals surface area contributed by atoms with Crippen molar-refractivity contribution in [3.8, 4) is 0 Å². The van der Waals surface area contributed by atoms with E-state index in [-0.39, 0.29) is 16.9 Å². The molecule has 3 aromatic carbocycles. The molecule has 4 aromatic rings. The van der Waals surface area contributed by atoms with E-state index in [0.717, 1.165) is 26.9 Å². The fraction of sp³-hybridized carbons (Fsp3) is 0.207. The maximum atomic E-state index is 13.5. The van der Waals surface area contributed by atoms with Gasteiger partial charge in [-0.25, -0.2) is 9.37 Å². The van der Waals surface area contributed by atoms with Crippen LogP contribution in [-0.2, 0) is 9.59 Å². The third kappa shape index (κ3) is 3.99. The van der Waals surface area contributed by atoms with Crippen LogP contribution in [0.3, 0.4) is 0 Å². The minimum atomic E-state index is -0.877. The van der Waals surface area contributed by atoms with Crippen LogP contribution < -0.4 is 4.90 Å². The minimum Gasteiger partial charge on any atom is -0.507 e. The van der Waals surface area contributed by atoms with Crippen molar-refractivity contribution in [3.63, 3.8) is 0 Å². The third-order valence-corrected chi connectivity index (χ3v) is 7.51. The lowest BCUT2D eigenvalue weighted by molar-refractivity contribution is -0.132. The van der Waals surface area contributed by atoms with E-state index in [9.17, 15) is 19.1 Å². The van der Waals surface area contributed by atoms with Gasteiger partial charge in [0, 0.05) is 5.56 Å². The molecule has 1 amide bonds. The molecule has 5 rings (SSSR count). The third-order valence-electron chi connectivity index (χ3n) is 6.51. The number of fused-ring (bicyclic) bond motifs is 1. The van der Waals surface area contributed by atoms with Crippen LogP contribution in [0, 0.1) is 19.7 Å². The van der Waals surface area contributed by atoms with Crippen LogP contribution in [-0.4, -0.2) is 21.8 Å². The lowest BCUT2D eigenvalue weighted by Crippen LogP contribution is -2.29. The van der Waals surface area contributed by atoms with E-state index >= 15 is 0 Å². The SMILES string of the molecule is Cc1cc(C)c2nc(N3C(=O)C(=O)/C(=C(/O)c4ccc(F)cc4)[C@@H]3c3ccc(C(C)C)cc3)sc2c1. The van der Waals surface area contributed by atoms with Crippen molar-refractivity contribution in [2.75, 3.05) is 4.90 Å². The zero-order chi connectivity index (χ0) is 25.7. The zero-order valence-electron chi connectivity index (χ0n) is 20.4. The summed E-state index contributed by atoms with van der Waals surface area (Å²) in [6.07, 6.45) is 0. The fourth-order valence-corrected chi connectivity index (χ4v) is 5.80.